The van der Waals surface area contributed by atoms with Crippen molar-refractivity contribution >= 4 is 29.8 Å². The molecule has 1 aromatic heterocycles. The Hall–Kier alpha value is -0.990. The predicted octanol–water partition coefficient (Wildman–Crippen LogP) is -0.490. The molecule has 0 aliphatic heterocycles. The molecule has 1 heterocycles. The van der Waals surface area contributed by atoms with Crippen molar-refractivity contribution in [3.05, 3.63) is 39.7 Å². The van der Waals surface area contributed by atoms with E-state index < -0.39 is 17.4 Å². The molecular weight excluding hydrogens is 354 g/mol. The standard InChI is InChI=1S/C14H12ClFN2O3S.Na/c1-14(2,13(19)20)21-10-6-11(22)18-12(17-10)7-3-4-8(15)9(16)5-7;/h3-6H,1-2H3,(H,19,20)(H,17,18,22);/q;+1/p-1. The number of carboxylic acid groups (broad SMARTS) is 1. The molecule has 2 rings (SSSR count). The molecule has 116 valence electrons. The van der Waals surface area contributed by atoms with Gasteiger partial charge in [-0.15, -0.1) is 0 Å². The second kappa shape index (κ2) is 7.72. The van der Waals surface area contributed by atoms with Gasteiger partial charge in [-0.2, -0.15) is 0 Å². The minimum absolute atomic E-state index is 0. The molecule has 0 amide bonds. The first kappa shape index (κ1) is 20.1. The van der Waals surface area contributed by atoms with Crippen LogP contribution in [0, 0.1) is 10.5 Å². The first-order valence-electron chi connectivity index (χ1n) is 6.16. The summed E-state index contributed by atoms with van der Waals surface area (Å²) in [5.74, 6) is -1.68. The van der Waals surface area contributed by atoms with Crippen LogP contribution in [0.4, 0.5) is 4.39 Å². The van der Waals surface area contributed by atoms with Gasteiger partial charge in [0.1, 0.15) is 21.9 Å². The average Bonchev–Trinajstić information content (AvgIpc) is 2.40. The molecule has 0 bridgehead atoms. The van der Waals surface area contributed by atoms with Gasteiger partial charge in [0.15, 0.2) is 5.88 Å². The predicted molar refractivity (Wildman–Crippen MR) is 79.5 cm³/mol. The molecule has 1 N–H and O–H groups in total. The molecule has 0 radical (unpaired) electrons. The van der Waals surface area contributed by atoms with Crippen LogP contribution in [0.5, 0.6) is 5.88 Å². The summed E-state index contributed by atoms with van der Waals surface area (Å²) in [4.78, 5) is 17.8. The number of benzene rings is 1. The fourth-order valence-corrected chi connectivity index (χ4v) is 1.90. The number of hydrogen-bond acceptors (Lipinski definition) is 5. The zero-order valence-corrected chi connectivity index (χ0v) is 16.2. The van der Waals surface area contributed by atoms with Crippen LogP contribution in [-0.2, 0) is 4.79 Å². The van der Waals surface area contributed by atoms with Crippen molar-refractivity contribution in [2.24, 2.45) is 0 Å². The smallest absolute Gasteiger partial charge is 0.546 e. The van der Waals surface area contributed by atoms with Crippen molar-refractivity contribution < 1.29 is 48.6 Å². The molecule has 0 spiro atoms. The third-order valence-electron chi connectivity index (χ3n) is 2.77. The summed E-state index contributed by atoms with van der Waals surface area (Å²) in [5, 5.41) is 11.0. The van der Waals surface area contributed by atoms with Gasteiger partial charge < -0.3 is 19.6 Å². The molecule has 0 unspecified atom stereocenters. The van der Waals surface area contributed by atoms with Crippen molar-refractivity contribution in [3.8, 4) is 17.3 Å². The van der Waals surface area contributed by atoms with Crippen LogP contribution in [-0.4, -0.2) is 21.5 Å². The second-order valence-corrected chi connectivity index (χ2v) is 5.79. The number of H-pyrrole nitrogens is 1. The Morgan fingerprint density at radius 3 is 2.65 bits per heavy atom. The van der Waals surface area contributed by atoms with E-state index in [1.165, 1.54) is 32.0 Å². The van der Waals surface area contributed by atoms with E-state index in [0.29, 0.717) is 5.56 Å². The summed E-state index contributed by atoms with van der Waals surface area (Å²) in [6.07, 6.45) is 0. The molecule has 9 heteroatoms. The van der Waals surface area contributed by atoms with Gasteiger partial charge in [0.2, 0.25) is 0 Å². The summed E-state index contributed by atoms with van der Waals surface area (Å²) in [6, 6.07) is 5.47. The van der Waals surface area contributed by atoms with Crippen LogP contribution in [0.2, 0.25) is 5.02 Å². The average molecular weight is 365 g/mol. The number of halogens is 2. The molecule has 0 aliphatic rings. The largest absolute Gasteiger partial charge is 1.00 e. The van der Waals surface area contributed by atoms with Crippen molar-refractivity contribution in [2.75, 3.05) is 0 Å². The summed E-state index contributed by atoms with van der Waals surface area (Å²) < 4.78 is 19.0. The van der Waals surface area contributed by atoms with Gasteiger partial charge in [-0.05, 0) is 32.0 Å². The number of ether oxygens (including phenoxy) is 1. The maximum atomic E-state index is 13.5. The minimum atomic E-state index is -1.57. The monoisotopic (exact) mass is 364 g/mol. The zero-order chi connectivity index (χ0) is 16.5. The van der Waals surface area contributed by atoms with E-state index in [1.54, 1.807) is 6.07 Å². The maximum absolute atomic E-state index is 13.5. The molecule has 23 heavy (non-hydrogen) atoms. The van der Waals surface area contributed by atoms with Crippen LogP contribution in [0.1, 0.15) is 13.8 Å². The number of aliphatic carboxylic acids is 1. The number of carboxylic acids is 1. The zero-order valence-electron chi connectivity index (χ0n) is 12.6. The van der Waals surface area contributed by atoms with Gasteiger partial charge in [0.05, 0.1) is 11.0 Å². The van der Waals surface area contributed by atoms with Gasteiger partial charge in [0.25, 0.3) is 0 Å². The molecule has 0 saturated heterocycles. The van der Waals surface area contributed by atoms with Gasteiger partial charge >= 0.3 is 29.6 Å². The number of nitrogens with zero attached hydrogens (tertiary/aromatic N) is 1. The van der Waals surface area contributed by atoms with E-state index in [9.17, 15) is 14.3 Å². The summed E-state index contributed by atoms with van der Waals surface area (Å²) in [6.45, 7) is 2.67. The van der Waals surface area contributed by atoms with E-state index in [1.807, 2.05) is 0 Å². The van der Waals surface area contributed by atoms with Crippen LogP contribution < -0.4 is 39.4 Å². The topological polar surface area (TPSA) is 78.0 Å². The van der Waals surface area contributed by atoms with E-state index in [4.69, 9.17) is 28.6 Å². The third-order valence-corrected chi connectivity index (χ3v) is 3.28. The Morgan fingerprint density at radius 1 is 1.43 bits per heavy atom. The van der Waals surface area contributed by atoms with Gasteiger partial charge in [-0.1, -0.05) is 23.8 Å². The number of nitrogens with one attached hydrogen (secondary N) is 1. The molecule has 5 nitrogen and oxygen atoms in total. The quantitative estimate of drug-likeness (QED) is 0.585. The van der Waals surface area contributed by atoms with Crippen LogP contribution in [0.25, 0.3) is 11.4 Å². The molecule has 0 saturated carbocycles. The summed E-state index contributed by atoms with van der Waals surface area (Å²) in [7, 11) is 0. The molecule has 2 aromatic rings. The molecule has 1 aromatic carbocycles. The van der Waals surface area contributed by atoms with Gasteiger partial charge in [-0.3, -0.25) is 0 Å². The summed E-state index contributed by atoms with van der Waals surface area (Å²) in [5.41, 5.74) is -1.17. The Morgan fingerprint density at radius 2 is 2.09 bits per heavy atom. The Balaban J connectivity index is 0.00000264. The van der Waals surface area contributed by atoms with Crippen LogP contribution in [0.3, 0.4) is 0 Å². The fourth-order valence-electron chi connectivity index (χ4n) is 1.59. The van der Waals surface area contributed by atoms with Crippen LogP contribution >= 0.6 is 23.8 Å². The molecule has 0 atom stereocenters. The molecular formula is C14H11ClFN2NaO3S. The number of rotatable bonds is 4. The fraction of sp³-hybridized carbons (Fsp3) is 0.214. The molecule has 0 fully saturated rings. The van der Waals surface area contributed by atoms with E-state index in [-0.39, 0.29) is 50.9 Å². The summed E-state index contributed by atoms with van der Waals surface area (Å²) >= 11 is 10.6. The third kappa shape index (κ3) is 4.99. The number of aromatic nitrogens is 2. The second-order valence-electron chi connectivity index (χ2n) is 4.96. The number of aromatic amines is 1. The minimum Gasteiger partial charge on any atom is -0.546 e. The van der Waals surface area contributed by atoms with E-state index in [0.717, 1.165) is 0 Å². The maximum Gasteiger partial charge on any atom is 1.00 e. The Bertz CT molecular complexity index is 798. The Labute approximate surface area is 164 Å². The van der Waals surface area contributed by atoms with E-state index in [2.05, 4.69) is 9.97 Å². The SMILES string of the molecule is CC(C)(Oc1cc(=S)nc(-c2ccc(Cl)c(F)c2)[nH]1)C(=O)[O-].[Na+]. The molecule has 0 aliphatic carbocycles. The number of carbonyl (C=O) groups is 1. The number of hydrogen-bond donors (Lipinski definition) is 1. The normalized spacial score (nSPS) is 10.8. The van der Waals surface area contributed by atoms with Crippen molar-refractivity contribution in [1.29, 1.82) is 0 Å². The Kier molecular flexibility index (Phi) is 6.73. The van der Waals surface area contributed by atoms with Crippen LogP contribution in [0.15, 0.2) is 24.3 Å². The van der Waals surface area contributed by atoms with Crippen molar-refractivity contribution in [1.82, 2.24) is 9.97 Å². The van der Waals surface area contributed by atoms with Crippen molar-refractivity contribution in [3.63, 3.8) is 0 Å². The van der Waals surface area contributed by atoms with Crippen molar-refractivity contribution in [2.45, 2.75) is 19.4 Å². The van der Waals surface area contributed by atoms with E-state index >= 15 is 0 Å². The van der Waals surface area contributed by atoms with Gasteiger partial charge in [0, 0.05) is 11.6 Å². The first-order valence-corrected chi connectivity index (χ1v) is 6.95. The number of carbonyl (C=O) groups excluding carboxylic acids is 1. The first-order chi connectivity index (χ1) is 10.2. The van der Waals surface area contributed by atoms with Gasteiger partial charge in [-0.25, -0.2) is 9.37 Å².